The zero-order chi connectivity index (χ0) is 21.0. The molecule has 1 aliphatic rings. The van der Waals surface area contributed by atoms with Gasteiger partial charge in [0.15, 0.2) is 22.8 Å². The number of thioether (sulfide) groups is 1. The van der Waals surface area contributed by atoms with Crippen LogP contribution in [0, 0.1) is 0 Å². The van der Waals surface area contributed by atoms with Crippen LogP contribution in [0.4, 0.5) is 5.69 Å². The molecule has 0 bridgehead atoms. The molecule has 1 amide bonds. The topological polar surface area (TPSA) is 97.2 Å². The first-order valence-corrected chi connectivity index (χ1v) is 9.68. The van der Waals surface area contributed by atoms with Gasteiger partial charge in [0.2, 0.25) is 0 Å². The summed E-state index contributed by atoms with van der Waals surface area (Å²) in [4.78, 5) is 28.1. The smallest absolute Gasteiger partial charge is 0.344 e. The van der Waals surface area contributed by atoms with Crippen LogP contribution in [-0.4, -0.2) is 35.4 Å². The quantitative estimate of drug-likeness (QED) is 0.667. The molecule has 0 radical (unpaired) electrons. The number of halogens is 1. The van der Waals surface area contributed by atoms with Crippen LogP contribution in [0.2, 0.25) is 5.02 Å². The molecule has 0 spiro atoms. The molecule has 150 valence electrons. The van der Waals surface area contributed by atoms with Gasteiger partial charge in [-0.3, -0.25) is 4.79 Å². The maximum Gasteiger partial charge on any atom is 0.344 e. The number of aliphatic imine (C=N–C) groups is 1. The van der Waals surface area contributed by atoms with Gasteiger partial charge in [0.1, 0.15) is 0 Å². The van der Waals surface area contributed by atoms with E-state index in [9.17, 15) is 9.59 Å². The van der Waals surface area contributed by atoms with Gasteiger partial charge in [-0.2, -0.15) is 0 Å². The summed E-state index contributed by atoms with van der Waals surface area (Å²) in [6.07, 6.45) is 0.674. The van der Waals surface area contributed by atoms with Crippen molar-refractivity contribution in [2.45, 2.75) is 13.0 Å². The molecule has 0 aromatic heterocycles. The van der Waals surface area contributed by atoms with Crippen molar-refractivity contribution < 1.29 is 24.2 Å². The normalized spacial score (nSPS) is 17.3. The summed E-state index contributed by atoms with van der Waals surface area (Å²) in [5.41, 5.74) is 1.37. The molecular formula is C20H17ClN2O5S. The Morgan fingerprint density at radius 1 is 1.24 bits per heavy atom. The summed E-state index contributed by atoms with van der Waals surface area (Å²) in [6, 6.07) is 11.9. The van der Waals surface area contributed by atoms with E-state index in [1.807, 2.05) is 0 Å². The number of rotatable bonds is 6. The number of benzene rings is 2. The Morgan fingerprint density at radius 3 is 2.62 bits per heavy atom. The highest BCUT2D eigenvalue weighted by molar-refractivity contribution is 8.18. The van der Waals surface area contributed by atoms with E-state index in [4.69, 9.17) is 26.2 Å². The van der Waals surface area contributed by atoms with E-state index in [1.54, 1.807) is 48.5 Å². The van der Waals surface area contributed by atoms with E-state index in [-0.39, 0.29) is 5.91 Å². The molecule has 1 fully saturated rings. The minimum absolute atomic E-state index is 0.262. The van der Waals surface area contributed by atoms with Crippen molar-refractivity contribution >= 4 is 52.2 Å². The van der Waals surface area contributed by atoms with E-state index >= 15 is 0 Å². The lowest BCUT2D eigenvalue weighted by atomic mass is 10.2. The number of nitrogens with zero attached hydrogens (tertiary/aromatic N) is 1. The molecule has 0 aliphatic carbocycles. The number of hydrogen-bond donors (Lipinski definition) is 2. The van der Waals surface area contributed by atoms with Gasteiger partial charge in [0.05, 0.1) is 17.7 Å². The molecule has 2 N–H and O–H groups in total. The third-order valence-corrected chi connectivity index (χ3v) is 5.01. The van der Waals surface area contributed by atoms with Crippen molar-refractivity contribution in [2.24, 2.45) is 4.99 Å². The Hall–Kier alpha value is -2.97. The van der Waals surface area contributed by atoms with E-state index in [1.165, 1.54) is 25.8 Å². The molecule has 1 heterocycles. The van der Waals surface area contributed by atoms with Crippen LogP contribution in [0.1, 0.15) is 12.5 Å². The third-order valence-electron chi connectivity index (χ3n) is 3.85. The fourth-order valence-corrected chi connectivity index (χ4v) is 3.34. The first-order chi connectivity index (χ1) is 13.9. The van der Waals surface area contributed by atoms with E-state index in [0.717, 1.165) is 0 Å². The minimum atomic E-state index is -1.08. The molecular weight excluding hydrogens is 416 g/mol. The van der Waals surface area contributed by atoms with E-state index in [2.05, 4.69) is 10.3 Å². The second kappa shape index (κ2) is 9.02. The van der Waals surface area contributed by atoms with Gasteiger partial charge in [-0.05, 0) is 66.7 Å². The number of nitrogens with one attached hydrogen (secondary N) is 1. The Morgan fingerprint density at radius 2 is 1.97 bits per heavy atom. The number of carbonyl (C=O) groups is 2. The fraction of sp³-hybridized carbons (Fsp3) is 0.150. The fourth-order valence-electron chi connectivity index (χ4n) is 2.38. The SMILES string of the molecule is COc1cc(/C=C2\SC(=Nc3ccc(Cl)cc3)NC2=O)ccc1O[C@H](C)C(=O)O. The number of carboxylic acid groups (broad SMARTS) is 1. The van der Waals surface area contributed by atoms with Gasteiger partial charge < -0.3 is 19.9 Å². The lowest BCUT2D eigenvalue weighted by molar-refractivity contribution is -0.144. The number of hydrogen-bond acceptors (Lipinski definition) is 6. The van der Waals surface area contributed by atoms with Gasteiger partial charge in [0, 0.05) is 5.02 Å². The van der Waals surface area contributed by atoms with Crippen LogP contribution >= 0.6 is 23.4 Å². The number of carbonyl (C=O) groups excluding carboxylic acids is 1. The molecule has 1 atom stereocenters. The predicted octanol–water partition coefficient (Wildman–Crippen LogP) is 4.09. The number of amides is 1. The second-order valence-electron chi connectivity index (χ2n) is 5.97. The first-order valence-electron chi connectivity index (χ1n) is 8.48. The van der Waals surface area contributed by atoms with Gasteiger partial charge >= 0.3 is 5.97 Å². The highest BCUT2D eigenvalue weighted by Gasteiger charge is 2.24. The molecule has 1 aliphatic heterocycles. The molecule has 9 heteroatoms. The summed E-state index contributed by atoms with van der Waals surface area (Å²) in [5.74, 6) is -0.671. The zero-order valence-corrected chi connectivity index (χ0v) is 17.1. The van der Waals surface area contributed by atoms with Crippen molar-refractivity contribution in [3.05, 3.63) is 58.0 Å². The molecule has 29 heavy (non-hydrogen) atoms. The van der Waals surface area contributed by atoms with Crippen LogP contribution in [0.3, 0.4) is 0 Å². The Labute approximate surface area is 176 Å². The van der Waals surface area contributed by atoms with Crippen LogP contribution < -0.4 is 14.8 Å². The average Bonchev–Trinajstić information content (AvgIpc) is 3.03. The Balaban J connectivity index is 1.79. The minimum Gasteiger partial charge on any atom is -0.493 e. The van der Waals surface area contributed by atoms with Crippen LogP contribution in [0.5, 0.6) is 11.5 Å². The van der Waals surface area contributed by atoms with Gasteiger partial charge in [0.25, 0.3) is 5.91 Å². The number of ether oxygens (including phenoxy) is 2. The highest BCUT2D eigenvalue weighted by Crippen LogP contribution is 2.32. The lowest BCUT2D eigenvalue weighted by Crippen LogP contribution is -2.23. The lowest BCUT2D eigenvalue weighted by Gasteiger charge is -2.14. The van der Waals surface area contributed by atoms with E-state index < -0.39 is 12.1 Å². The molecule has 3 rings (SSSR count). The summed E-state index contributed by atoms with van der Waals surface area (Å²) in [7, 11) is 1.46. The van der Waals surface area contributed by atoms with Crippen molar-refractivity contribution in [2.75, 3.05) is 7.11 Å². The number of methoxy groups -OCH3 is 1. The third kappa shape index (κ3) is 5.30. The van der Waals surface area contributed by atoms with Crippen LogP contribution in [0.15, 0.2) is 52.4 Å². The number of carboxylic acids is 1. The highest BCUT2D eigenvalue weighted by atomic mass is 35.5. The average molecular weight is 433 g/mol. The summed E-state index contributed by atoms with van der Waals surface area (Å²) >= 11 is 7.08. The summed E-state index contributed by atoms with van der Waals surface area (Å²) < 4.78 is 10.7. The maximum absolute atomic E-state index is 12.3. The molecule has 0 unspecified atom stereocenters. The van der Waals surface area contributed by atoms with Crippen LogP contribution in [0.25, 0.3) is 6.08 Å². The molecule has 2 aromatic carbocycles. The molecule has 1 saturated heterocycles. The standard InChI is InChI=1S/C20H17ClN2O5S/c1-11(19(25)26)28-15-8-3-12(9-16(15)27-2)10-17-18(24)23-20(29-17)22-14-6-4-13(21)5-7-14/h3-11H,1-2H3,(H,25,26)(H,22,23,24)/b17-10-/t11-/m1/s1. The van der Waals surface area contributed by atoms with Crippen LogP contribution in [-0.2, 0) is 9.59 Å². The number of amidine groups is 1. The maximum atomic E-state index is 12.3. The van der Waals surface area contributed by atoms with Crippen molar-refractivity contribution in [3.63, 3.8) is 0 Å². The van der Waals surface area contributed by atoms with Crippen molar-refractivity contribution in [1.82, 2.24) is 5.32 Å². The van der Waals surface area contributed by atoms with Crippen molar-refractivity contribution in [3.8, 4) is 11.5 Å². The van der Waals surface area contributed by atoms with E-state index in [0.29, 0.717) is 37.8 Å². The Kier molecular flexibility index (Phi) is 6.46. The van der Waals surface area contributed by atoms with Gasteiger partial charge in [-0.15, -0.1) is 0 Å². The predicted molar refractivity (Wildman–Crippen MR) is 113 cm³/mol. The second-order valence-corrected chi connectivity index (χ2v) is 7.43. The first kappa shape index (κ1) is 20.8. The summed E-state index contributed by atoms with van der Waals surface area (Å²) in [6.45, 7) is 1.43. The number of aliphatic carboxylic acids is 1. The molecule has 0 saturated carbocycles. The molecule has 7 nitrogen and oxygen atoms in total. The largest absolute Gasteiger partial charge is 0.493 e. The van der Waals surface area contributed by atoms with Crippen molar-refractivity contribution in [1.29, 1.82) is 0 Å². The molecule has 2 aromatic rings. The zero-order valence-electron chi connectivity index (χ0n) is 15.5. The van der Waals surface area contributed by atoms with Gasteiger partial charge in [-0.25, -0.2) is 9.79 Å². The van der Waals surface area contributed by atoms with Gasteiger partial charge in [-0.1, -0.05) is 17.7 Å². The Bertz CT molecular complexity index is 1000. The monoisotopic (exact) mass is 432 g/mol. The summed E-state index contributed by atoms with van der Waals surface area (Å²) in [5, 5.41) is 12.8.